The Labute approximate surface area is 111 Å². The summed E-state index contributed by atoms with van der Waals surface area (Å²) in [5.74, 6) is 1.94. The van der Waals surface area contributed by atoms with E-state index >= 15 is 0 Å². The zero-order chi connectivity index (χ0) is 13.3. The quantitative estimate of drug-likeness (QED) is 0.889. The monoisotopic (exact) mass is 263 g/mol. The van der Waals surface area contributed by atoms with Crippen LogP contribution in [0.3, 0.4) is 0 Å². The highest BCUT2D eigenvalue weighted by atomic mass is 32.1. The van der Waals surface area contributed by atoms with Gasteiger partial charge in [-0.1, -0.05) is 0 Å². The Morgan fingerprint density at radius 2 is 2.00 bits per heavy atom. The maximum atomic E-state index is 5.85. The third kappa shape index (κ3) is 2.43. The Kier molecular flexibility index (Phi) is 3.21. The summed E-state index contributed by atoms with van der Waals surface area (Å²) in [5, 5.41) is 6.36. The van der Waals surface area contributed by atoms with E-state index in [1.807, 2.05) is 19.2 Å². The minimum atomic E-state index is -0.286. The number of rotatable bonds is 3. The van der Waals surface area contributed by atoms with Gasteiger partial charge >= 0.3 is 0 Å². The third-order valence-electron chi connectivity index (χ3n) is 2.69. The zero-order valence-electron chi connectivity index (χ0n) is 11.0. The van der Waals surface area contributed by atoms with Gasteiger partial charge in [0.25, 0.3) is 0 Å². The van der Waals surface area contributed by atoms with E-state index in [-0.39, 0.29) is 5.54 Å². The van der Waals surface area contributed by atoms with E-state index < -0.39 is 0 Å². The number of hydrogen-bond acceptors (Lipinski definition) is 6. The lowest BCUT2D eigenvalue weighted by Gasteiger charge is -2.25. The Morgan fingerprint density at radius 3 is 2.61 bits per heavy atom. The number of nitrogens with two attached hydrogens (primary N) is 1. The van der Waals surface area contributed by atoms with Gasteiger partial charge in [-0.05, 0) is 27.7 Å². The Balaban J connectivity index is 2.35. The summed E-state index contributed by atoms with van der Waals surface area (Å²) in [7, 11) is 0. The summed E-state index contributed by atoms with van der Waals surface area (Å²) in [6.45, 7) is 7.88. The number of nitrogens with one attached hydrogen (secondary N) is 1. The van der Waals surface area contributed by atoms with Gasteiger partial charge in [0.1, 0.15) is 22.5 Å². The predicted octanol–water partition coefficient (Wildman–Crippen LogP) is 2.48. The maximum Gasteiger partial charge on any atom is 0.135 e. The van der Waals surface area contributed by atoms with Gasteiger partial charge in [-0.25, -0.2) is 15.0 Å². The molecule has 0 radical (unpaired) electrons. The molecule has 0 saturated heterocycles. The van der Waals surface area contributed by atoms with Crippen molar-refractivity contribution in [2.75, 3.05) is 11.1 Å². The molecular formula is C12H17N5S. The van der Waals surface area contributed by atoms with E-state index in [1.54, 1.807) is 17.5 Å². The molecule has 2 rings (SSSR count). The molecule has 2 aromatic rings. The maximum absolute atomic E-state index is 5.85. The van der Waals surface area contributed by atoms with Crippen molar-refractivity contribution >= 4 is 23.0 Å². The standard InChI is InChI=1S/C12H17N5S/c1-7-9(13)15-8(2)16-10(7)17-12(3,4)11-14-5-6-18-11/h5-6H,1-4H3,(H3,13,15,16,17). The lowest BCUT2D eigenvalue weighted by molar-refractivity contribution is 0.599. The fourth-order valence-electron chi connectivity index (χ4n) is 1.65. The molecule has 0 unspecified atom stereocenters. The second-order valence-corrected chi connectivity index (χ2v) is 5.61. The Bertz CT molecular complexity index is 548. The first-order chi connectivity index (χ1) is 8.40. The molecule has 18 heavy (non-hydrogen) atoms. The highest BCUT2D eigenvalue weighted by Gasteiger charge is 2.24. The SMILES string of the molecule is Cc1nc(N)c(C)c(NC(C)(C)c2nccs2)n1. The average molecular weight is 263 g/mol. The fraction of sp³-hybridized carbons (Fsp3) is 0.417. The van der Waals surface area contributed by atoms with Gasteiger partial charge < -0.3 is 11.1 Å². The van der Waals surface area contributed by atoms with Crippen LogP contribution in [-0.2, 0) is 5.54 Å². The smallest absolute Gasteiger partial charge is 0.135 e. The number of aryl methyl sites for hydroxylation is 1. The molecule has 0 atom stereocenters. The zero-order valence-corrected chi connectivity index (χ0v) is 11.8. The first-order valence-corrected chi connectivity index (χ1v) is 6.57. The van der Waals surface area contributed by atoms with Crippen molar-refractivity contribution in [3.8, 4) is 0 Å². The number of hydrogen-bond donors (Lipinski definition) is 2. The minimum absolute atomic E-state index is 0.286. The summed E-state index contributed by atoms with van der Waals surface area (Å²) in [6, 6.07) is 0. The van der Waals surface area contributed by atoms with Crippen molar-refractivity contribution in [2.24, 2.45) is 0 Å². The van der Waals surface area contributed by atoms with Crippen molar-refractivity contribution in [1.29, 1.82) is 0 Å². The van der Waals surface area contributed by atoms with Crippen LogP contribution in [0, 0.1) is 13.8 Å². The first kappa shape index (κ1) is 12.8. The van der Waals surface area contributed by atoms with Crippen LogP contribution in [0.15, 0.2) is 11.6 Å². The second kappa shape index (κ2) is 4.53. The molecular weight excluding hydrogens is 246 g/mol. The van der Waals surface area contributed by atoms with Crippen molar-refractivity contribution in [2.45, 2.75) is 33.2 Å². The van der Waals surface area contributed by atoms with Crippen LogP contribution in [0.4, 0.5) is 11.6 Å². The average Bonchev–Trinajstić information content (AvgIpc) is 2.78. The first-order valence-electron chi connectivity index (χ1n) is 5.69. The summed E-state index contributed by atoms with van der Waals surface area (Å²) in [6.07, 6.45) is 1.80. The largest absolute Gasteiger partial charge is 0.383 e. The lowest BCUT2D eigenvalue weighted by Crippen LogP contribution is -2.29. The van der Waals surface area contributed by atoms with E-state index in [0.29, 0.717) is 11.6 Å². The number of aromatic nitrogens is 3. The molecule has 0 aliphatic carbocycles. The Hall–Kier alpha value is -1.69. The molecule has 0 aromatic carbocycles. The highest BCUT2D eigenvalue weighted by molar-refractivity contribution is 7.09. The summed E-state index contributed by atoms with van der Waals surface area (Å²) in [4.78, 5) is 12.9. The van der Waals surface area contributed by atoms with Gasteiger partial charge in [-0.2, -0.15) is 0 Å². The van der Waals surface area contributed by atoms with Crippen LogP contribution < -0.4 is 11.1 Å². The summed E-state index contributed by atoms with van der Waals surface area (Å²) < 4.78 is 0. The van der Waals surface area contributed by atoms with Crippen LogP contribution in [-0.4, -0.2) is 15.0 Å². The van der Waals surface area contributed by atoms with E-state index in [2.05, 4.69) is 34.1 Å². The lowest BCUT2D eigenvalue weighted by atomic mass is 10.1. The van der Waals surface area contributed by atoms with Gasteiger partial charge in [0.15, 0.2) is 0 Å². The molecule has 0 fully saturated rings. The van der Waals surface area contributed by atoms with Gasteiger partial charge in [-0.15, -0.1) is 11.3 Å². The number of nitrogen functional groups attached to an aromatic ring is 1. The van der Waals surface area contributed by atoms with Crippen LogP contribution >= 0.6 is 11.3 Å². The number of thiazole rings is 1. The van der Waals surface area contributed by atoms with Crippen molar-refractivity contribution in [3.05, 3.63) is 28.0 Å². The topological polar surface area (TPSA) is 76.7 Å². The van der Waals surface area contributed by atoms with Gasteiger partial charge in [0.05, 0.1) is 5.54 Å². The second-order valence-electron chi connectivity index (χ2n) is 4.72. The van der Waals surface area contributed by atoms with Crippen molar-refractivity contribution in [3.63, 3.8) is 0 Å². The molecule has 2 aromatic heterocycles. The number of nitrogens with zero attached hydrogens (tertiary/aromatic N) is 3. The molecule has 2 heterocycles. The molecule has 0 saturated carbocycles. The fourth-order valence-corrected chi connectivity index (χ4v) is 2.37. The van der Waals surface area contributed by atoms with Crippen LogP contribution in [0.25, 0.3) is 0 Å². The molecule has 6 heteroatoms. The molecule has 3 N–H and O–H groups in total. The van der Waals surface area contributed by atoms with E-state index in [4.69, 9.17) is 5.73 Å². The molecule has 0 aliphatic rings. The van der Waals surface area contributed by atoms with Gasteiger partial charge in [-0.3, -0.25) is 0 Å². The van der Waals surface area contributed by atoms with Crippen LogP contribution in [0.2, 0.25) is 0 Å². The van der Waals surface area contributed by atoms with Crippen molar-refractivity contribution in [1.82, 2.24) is 15.0 Å². The van der Waals surface area contributed by atoms with Crippen molar-refractivity contribution < 1.29 is 0 Å². The molecule has 96 valence electrons. The normalized spacial score (nSPS) is 11.6. The molecule has 0 spiro atoms. The van der Waals surface area contributed by atoms with Gasteiger partial charge in [0, 0.05) is 17.1 Å². The van der Waals surface area contributed by atoms with E-state index in [1.165, 1.54) is 0 Å². The minimum Gasteiger partial charge on any atom is -0.383 e. The third-order valence-corrected chi connectivity index (χ3v) is 3.79. The summed E-state index contributed by atoms with van der Waals surface area (Å²) >= 11 is 1.62. The molecule has 0 aliphatic heterocycles. The Morgan fingerprint density at radius 1 is 1.28 bits per heavy atom. The van der Waals surface area contributed by atoms with Gasteiger partial charge in [0.2, 0.25) is 0 Å². The molecule has 0 bridgehead atoms. The van der Waals surface area contributed by atoms with E-state index in [0.717, 1.165) is 16.4 Å². The molecule has 5 nitrogen and oxygen atoms in total. The van der Waals surface area contributed by atoms with Crippen LogP contribution in [0.1, 0.15) is 30.2 Å². The molecule has 0 amide bonds. The summed E-state index contributed by atoms with van der Waals surface area (Å²) in [5.41, 5.74) is 6.44. The number of anilines is 2. The predicted molar refractivity (Wildman–Crippen MR) is 74.7 cm³/mol. The highest BCUT2D eigenvalue weighted by Crippen LogP contribution is 2.28. The van der Waals surface area contributed by atoms with E-state index in [9.17, 15) is 0 Å². The van der Waals surface area contributed by atoms with Crippen LogP contribution in [0.5, 0.6) is 0 Å².